The maximum absolute atomic E-state index is 12.5. The average molecular weight is 287 g/mol. The molecule has 3 rings (SSSR count). The number of nitrogens with one attached hydrogen (secondary N) is 1. The second kappa shape index (κ2) is 5.51. The second-order valence-corrected chi connectivity index (χ2v) is 6.26. The summed E-state index contributed by atoms with van der Waals surface area (Å²) < 4.78 is 0. The maximum atomic E-state index is 12.5. The van der Waals surface area contributed by atoms with Gasteiger partial charge in [-0.25, -0.2) is 0 Å². The van der Waals surface area contributed by atoms with Crippen LogP contribution in [-0.4, -0.2) is 17.0 Å². The van der Waals surface area contributed by atoms with E-state index in [-0.39, 0.29) is 23.7 Å². The Morgan fingerprint density at radius 2 is 1.76 bits per heavy atom. The summed E-state index contributed by atoms with van der Waals surface area (Å²) in [7, 11) is 0. The molecule has 2 fully saturated rings. The molecule has 2 aliphatic carbocycles. The number of carboxylic acids is 1. The van der Waals surface area contributed by atoms with E-state index in [9.17, 15) is 14.7 Å². The molecule has 2 aliphatic rings. The third-order valence-electron chi connectivity index (χ3n) is 5.13. The molecule has 2 saturated carbocycles. The van der Waals surface area contributed by atoms with Gasteiger partial charge in [-0.3, -0.25) is 9.59 Å². The Hall–Kier alpha value is -1.84. The van der Waals surface area contributed by atoms with E-state index in [0.717, 1.165) is 31.4 Å². The number of aliphatic carboxylic acids is 1. The summed E-state index contributed by atoms with van der Waals surface area (Å²) >= 11 is 0. The minimum absolute atomic E-state index is 0.126. The molecule has 0 spiro atoms. The summed E-state index contributed by atoms with van der Waals surface area (Å²) in [5.74, 6) is -1.38. The fourth-order valence-corrected chi connectivity index (χ4v) is 4.07. The quantitative estimate of drug-likeness (QED) is 0.894. The van der Waals surface area contributed by atoms with Crippen molar-refractivity contribution in [2.45, 2.75) is 32.6 Å². The van der Waals surface area contributed by atoms with Gasteiger partial charge in [-0.1, -0.05) is 19.1 Å². The summed E-state index contributed by atoms with van der Waals surface area (Å²) in [4.78, 5) is 24.0. The lowest BCUT2D eigenvalue weighted by molar-refractivity contribution is -0.148. The molecule has 2 bridgehead atoms. The van der Waals surface area contributed by atoms with E-state index < -0.39 is 11.9 Å². The zero-order valence-electron chi connectivity index (χ0n) is 12.2. The van der Waals surface area contributed by atoms with Crippen LogP contribution in [-0.2, 0) is 16.0 Å². The van der Waals surface area contributed by atoms with Gasteiger partial charge in [0.25, 0.3) is 0 Å². The molecule has 1 amide bonds. The number of hydrogen-bond acceptors (Lipinski definition) is 2. The van der Waals surface area contributed by atoms with Crippen LogP contribution in [0.4, 0.5) is 5.69 Å². The van der Waals surface area contributed by atoms with Gasteiger partial charge in [-0.15, -0.1) is 0 Å². The molecule has 0 aliphatic heterocycles. The van der Waals surface area contributed by atoms with Crippen molar-refractivity contribution in [1.82, 2.24) is 0 Å². The van der Waals surface area contributed by atoms with Crippen molar-refractivity contribution in [3.8, 4) is 0 Å². The fourth-order valence-electron chi connectivity index (χ4n) is 4.07. The van der Waals surface area contributed by atoms with E-state index >= 15 is 0 Å². The molecule has 2 N–H and O–H groups in total. The first-order valence-electron chi connectivity index (χ1n) is 7.72. The van der Waals surface area contributed by atoms with Gasteiger partial charge >= 0.3 is 5.97 Å². The molecule has 112 valence electrons. The van der Waals surface area contributed by atoms with Crippen molar-refractivity contribution < 1.29 is 14.7 Å². The third-order valence-corrected chi connectivity index (χ3v) is 5.13. The predicted molar refractivity (Wildman–Crippen MR) is 79.9 cm³/mol. The summed E-state index contributed by atoms with van der Waals surface area (Å²) in [6.45, 7) is 2.08. The fraction of sp³-hybridized carbons (Fsp3) is 0.529. The molecular formula is C17H21NO3. The number of carboxylic acid groups (broad SMARTS) is 1. The van der Waals surface area contributed by atoms with E-state index in [1.165, 1.54) is 5.56 Å². The minimum atomic E-state index is -0.816. The van der Waals surface area contributed by atoms with Gasteiger partial charge in [0, 0.05) is 5.69 Å². The van der Waals surface area contributed by atoms with Crippen molar-refractivity contribution >= 4 is 17.6 Å². The van der Waals surface area contributed by atoms with Crippen LogP contribution in [0.15, 0.2) is 24.3 Å². The number of hydrogen-bond donors (Lipinski definition) is 2. The highest BCUT2D eigenvalue weighted by molar-refractivity contribution is 5.96. The lowest BCUT2D eigenvalue weighted by atomic mass is 9.78. The van der Waals surface area contributed by atoms with Crippen molar-refractivity contribution in [3.05, 3.63) is 29.8 Å². The number of amides is 1. The molecular weight excluding hydrogens is 266 g/mol. The van der Waals surface area contributed by atoms with E-state index in [1.54, 1.807) is 0 Å². The highest BCUT2D eigenvalue weighted by Crippen LogP contribution is 2.52. The lowest BCUT2D eigenvalue weighted by Crippen LogP contribution is -2.37. The number of anilines is 1. The first-order valence-corrected chi connectivity index (χ1v) is 7.72. The van der Waals surface area contributed by atoms with Crippen LogP contribution in [0.3, 0.4) is 0 Å². The Balaban J connectivity index is 1.73. The zero-order chi connectivity index (χ0) is 15.0. The van der Waals surface area contributed by atoms with Gasteiger partial charge in [-0.05, 0) is 55.2 Å². The SMILES string of the molecule is CCc1ccc(NC(=O)[C@H]2[C@H]3CC[C@@H](C3)[C@@H]2C(=O)O)cc1. The van der Waals surface area contributed by atoms with Crippen LogP contribution >= 0.6 is 0 Å². The van der Waals surface area contributed by atoms with Gasteiger partial charge in [0.15, 0.2) is 0 Å². The number of rotatable bonds is 4. The monoisotopic (exact) mass is 287 g/mol. The van der Waals surface area contributed by atoms with E-state index in [1.807, 2.05) is 24.3 Å². The zero-order valence-corrected chi connectivity index (χ0v) is 12.2. The number of fused-ring (bicyclic) bond motifs is 2. The van der Waals surface area contributed by atoms with Gasteiger partial charge in [0.05, 0.1) is 11.8 Å². The van der Waals surface area contributed by atoms with Gasteiger partial charge in [0.1, 0.15) is 0 Å². The molecule has 0 saturated heterocycles. The summed E-state index contributed by atoms with van der Waals surface area (Å²) in [6, 6.07) is 7.76. The summed E-state index contributed by atoms with van der Waals surface area (Å²) in [5, 5.41) is 12.3. The predicted octanol–water partition coefficient (Wildman–Crippen LogP) is 2.93. The Bertz CT molecular complexity index is 552. The molecule has 0 aromatic heterocycles. The van der Waals surface area contributed by atoms with Crippen LogP contribution in [0, 0.1) is 23.7 Å². The average Bonchev–Trinajstić information content (AvgIpc) is 3.08. The van der Waals surface area contributed by atoms with Crippen LogP contribution in [0.2, 0.25) is 0 Å². The van der Waals surface area contributed by atoms with E-state index in [0.29, 0.717) is 0 Å². The van der Waals surface area contributed by atoms with Crippen molar-refractivity contribution in [2.75, 3.05) is 5.32 Å². The maximum Gasteiger partial charge on any atom is 0.307 e. The highest BCUT2D eigenvalue weighted by atomic mass is 16.4. The van der Waals surface area contributed by atoms with Crippen LogP contribution in [0.5, 0.6) is 0 Å². The Kier molecular flexibility index (Phi) is 3.70. The molecule has 0 heterocycles. The number of carbonyl (C=O) groups is 2. The van der Waals surface area contributed by atoms with Crippen molar-refractivity contribution in [2.24, 2.45) is 23.7 Å². The molecule has 1 aromatic rings. The first kappa shape index (κ1) is 14.1. The van der Waals surface area contributed by atoms with Gasteiger partial charge in [-0.2, -0.15) is 0 Å². The molecule has 4 atom stereocenters. The molecule has 1 aromatic carbocycles. The molecule has 0 unspecified atom stereocenters. The topological polar surface area (TPSA) is 66.4 Å². The van der Waals surface area contributed by atoms with Crippen LogP contribution < -0.4 is 5.32 Å². The van der Waals surface area contributed by atoms with Crippen LogP contribution in [0.25, 0.3) is 0 Å². The summed E-state index contributed by atoms with van der Waals surface area (Å²) in [6.07, 6.45) is 3.80. The van der Waals surface area contributed by atoms with Crippen molar-refractivity contribution in [3.63, 3.8) is 0 Å². The highest BCUT2D eigenvalue weighted by Gasteiger charge is 2.53. The van der Waals surface area contributed by atoms with E-state index in [4.69, 9.17) is 0 Å². The first-order chi connectivity index (χ1) is 10.1. The lowest BCUT2D eigenvalue weighted by Gasteiger charge is -2.27. The van der Waals surface area contributed by atoms with Gasteiger partial charge in [0.2, 0.25) is 5.91 Å². The third kappa shape index (κ3) is 2.55. The molecule has 21 heavy (non-hydrogen) atoms. The summed E-state index contributed by atoms with van der Waals surface area (Å²) in [5.41, 5.74) is 1.97. The van der Waals surface area contributed by atoms with E-state index in [2.05, 4.69) is 12.2 Å². The molecule has 4 heteroatoms. The Morgan fingerprint density at radius 3 is 2.33 bits per heavy atom. The Labute approximate surface area is 124 Å². The number of aryl methyl sites for hydroxylation is 1. The van der Waals surface area contributed by atoms with Crippen molar-refractivity contribution in [1.29, 1.82) is 0 Å². The number of benzene rings is 1. The molecule has 0 radical (unpaired) electrons. The minimum Gasteiger partial charge on any atom is -0.481 e. The second-order valence-electron chi connectivity index (χ2n) is 6.26. The van der Waals surface area contributed by atoms with Gasteiger partial charge < -0.3 is 10.4 Å². The number of carbonyl (C=O) groups excluding carboxylic acids is 1. The molecule has 4 nitrogen and oxygen atoms in total. The largest absolute Gasteiger partial charge is 0.481 e. The smallest absolute Gasteiger partial charge is 0.307 e. The standard InChI is InChI=1S/C17H21NO3/c1-2-10-3-7-13(8-4-10)18-16(19)14-11-5-6-12(9-11)15(14)17(20)21/h3-4,7-8,11-12,14-15H,2,5-6,9H2,1H3,(H,18,19)(H,20,21)/t11-,12-,14-,15-/m0/s1. The Morgan fingerprint density at radius 1 is 1.14 bits per heavy atom. The normalized spacial score (nSPS) is 30.3. The van der Waals surface area contributed by atoms with Crippen LogP contribution in [0.1, 0.15) is 31.7 Å².